The SMILES string of the molecule is CCCNC(C)c1ccc(N(C)Cc2cccnc2)nc1. The van der Waals surface area contributed by atoms with Crippen molar-refractivity contribution < 1.29 is 0 Å². The summed E-state index contributed by atoms with van der Waals surface area (Å²) in [7, 11) is 2.05. The van der Waals surface area contributed by atoms with Crippen molar-refractivity contribution >= 4 is 5.82 Å². The summed E-state index contributed by atoms with van der Waals surface area (Å²) in [5.74, 6) is 0.977. The lowest BCUT2D eigenvalue weighted by molar-refractivity contribution is 0.569. The van der Waals surface area contributed by atoms with E-state index in [4.69, 9.17) is 0 Å². The van der Waals surface area contributed by atoms with Gasteiger partial charge in [-0.1, -0.05) is 19.1 Å². The van der Waals surface area contributed by atoms with Gasteiger partial charge in [0.25, 0.3) is 0 Å². The maximum absolute atomic E-state index is 4.57. The molecule has 2 aromatic rings. The second-order valence-corrected chi connectivity index (χ2v) is 5.34. The van der Waals surface area contributed by atoms with Gasteiger partial charge in [0.15, 0.2) is 0 Å². The lowest BCUT2D eigenvalue weighted by atomic mass is 10.1. The van der Waals surface area contributed by atoms with E-state index >= 15 is 0 Å². The van der Waals surface area contributed by atoms with Crippen LogP contribution in [0.4, 0.5) is 5.82 Å². The van der Waals surface area contributed by atoms with Crippen LogP contribution in [0.15, 0.2) is 42.9 Å². The van der Waals surface area contributed by atoms with Crippen molar-refractivity contribution in [2.24, 2.45) is 0 Å². The van der Waals surface area contributed by atoms with Crippen molar-refractivity contribution in [1.82, 2.24) is 15.3 Å². The molecular formula is C17H24N4. The zero-order valence-corrected chi connectivity index (χ0v) is 13.1. The van der Waals surface area contributed by atoms with E-state index in [2.05, 4.69) is 52.2 Å². The quantitative estimate of drug-likeness (QED) is 0.848. The van der Waals surface area contributed by atoms with Crippen LogP contribution in [0.5, 0.6) is 0 Å². The van der Waals surface area contributed by atoms with Gasteiger partial charge in [0.05, 0.1) is 0 Å². The second kappa shape index (κ2) is 7.74. The molecule has 0 radical (unpaired) electrons. The number of rotatable bonds is 7. The van der Waals surface area contributed by atoms with E-state index in [1.54, 1.807) is 6.20 Å². The average molecular weight is 284 g/mol. The molecule has 1 N–H and O–H groups in total. The summed E-state index contributed by atoms with van der Waals surface area (Å²) in [6, 6.07) is 8.61. The predicted octanol–water partition coefficient (Wildman–Crippen LogP) is 3.17. The number of aromatic nitrogens is 2. The van der Waals surface area contributed by atoms with E-state index in [0.717, 1.165) is 25.3 Å². The molecule has 4 nitrogen and oxygen atoms in total. The molecule has 0 bridgehead atoms. The van der Waals surface area contributed by atoms with Gasteiger partial charge < -0.3 is 10.2 Å². The highest BCUT2D eigenvalue weighted by atomic mass is 15.2. The Hall–Kier alpha value is -1.94. The van der Waals surface area contributed by atoms with Gasteiger partial charge in [-0.05, 0) is 43.1 Å². The molecule has 0 saturated heterocycles. The molecular weight excluding hydrogens is 260 g/mol. The fourth-order valence-corrected chi connectivity index (χ4v) is 2.20. The van der Waals surface area contributed by atoms with Crippen LogP contribution in [0.2, 0.25) is 0 Å². The summed E-state index contributed by atoms with van der Waals surface area (Å²) in [6.07, 6.45) is 6.79. The van der Waals surface area contributed by atoms with Crippen LogP contribution in [0.25, 0.3) is 0 Å². The molecule has 2 aromatic heterocycles. The number of anilines is 1. The minimum atomic E-state index is 0.343. The third kappa shape index (κ3) is 4.53. The van der Waals surface area contributed by atoms with Crippen molar-refractivity contribution in [3.05, 3.63) is 54.0 Å². The topological polar surface area (TPSA) is 41.0 Å². The van der Waals surface area contributed by atoms with Crippen LogP contribution in [0.1, 0.15) is 37.4 Å². The van der Waals surface area contributed by atoms with E-state index in [-0.39, 0.29) is 0 Å². The van der Waals surface area contributed by atoms with Crippen molar-refractivity contribution in [2.75, 3.05) is 18.5 Å². The average Bonchev–Trinajstić information content (AvgIpc) is 2.53. The zero-order chi connectivity index (χ0) is 15.1. The zero-order valence-electron chi connectivity index (χ0n) is 13.1. The molecule has 0 aliphatic carbocycles. The van der Waals surface area contributed by atoms with Crippen molar-refractivity contribution in [2.45, 2.75) is 32.9 Å². The van der Waals surface area contributed by atoms with Gasteiger partial charge in [0.2, 0.25) is 0 Å². The maximum Gasteiger partial charge on any atom is 0.128 e. The number of hydrogen-bond donors (Lipinski definition) is 1. The molecule has 0 aliphatic heterocycles. The second-order valence-electron chi connectivity index (χ2n) is 5.34. The standard InChI is InChI=1S/C17H24N4/c1-4-9-19-14(2)16-7-8-17(20-12-16)21(3)13-15-6-5-10-18-11-15/h5-8,10-12,14,19H,4,9,13H2,1-3H3. The van der Waals surface area contributed by atoms with Crippen LogP contribution in [-0.4, -0.2) is 23.6 Å². The highest BCUT2D eigenvalue weighted by Gasteiger charge is 2.07. The van der Waals surface area contributed by atoms with Crippen LogP contribution < -0.4 is 10.2 Å². The minimum absolute atomic E-state index is 0.343. The summed E-state index contributed by atoms with van der Waals surface area (Å²) >= 11 is 0. The Morgan fingerprint density at radius 2 is 2.10 bits per heavy atom. The molecule has 0 fully saturated rings. The maximum atomic E-state index is 4.57. The summed E-state index contributed by atoms with van der Waals surface area (Å²) in [5, 5.41) is 3.48. The van der Waals surface area contributed by atoms with E-state index in [0.29, 0.717) is 6.04 Å². The summed E-state index contributed by atoms with van der Waals surface area (Å²) < 4.78 is 0. The molecule has 0 aliphatic rings. The summed E-state index contributed by atoms with van der Waals surface area (Å²) in [6.45, 7) is 6.19. The van der Waals surface area contributed by atoms with Crippen molar-refractivity contribution in [1.29, 1.82) is 0 Å². The predicted molar refractivity (Wildman–Crippen MR) is 87.3 cm³/mol. The van der Waals surface area contributed by atoms with Crippen LogP contribution in [0, 0.1) is 0 Å². The lowest BCUT2D eigenvalue weighted by Gasteiger charge is -2.19. The first kappa shape index (κ1) is 15.4. The van der Waals surface area contributed by atoms with E-state index in [9.17, 15) is 0 Å². The molecule has 1 atom stereocenters. The highest BCUT2D eigenvalue weighted by molar-refractivity contribution is 5.39. The molecule has 1 unspecified atom stereocenters. The fraction of sp³-hybridized carbons (Fsp3) is 0.412. The Morgan fingerprint density at radius 3 is 2.71 bits per heavy atom. The monoisotopic (exact) mass is 284 g/mol. The lowest BCUT2D eigenvalue weighted by Crippen LogP contribution is -2.20. The number of hydrogen-bond acceptors (Lipinski definition) is 4. The molecule has 0 amide bonds. The summed E-state index contributed by atoms with van der Waals surface area (Å²) in [5.41, 5.74) is 2.41. The third-order valence-electron chi connectivity index (χ3n) is 3.50. The molecule has 2 rings (SSSR count). The molecule has 0 aromatic carbocycles. The molecule has 0 spiro atoms. The van der Waals surface area contributed by atoms with Gasteiger partial charge in [-0.15, -0.1) is 0 Å². The van der Waals surface area contributed by atoms with Crippen molar-refractivity contribution in [3.8, 4) is 0 Å². The normalized spacial score (nSPS) is 12.1. The minimum Gasteiger partial charge on any atom is -0.355 e. The van der Waals surface area contributed by atoms with Gasteiger partial charge in [0.1, 0.15) is 5.82 Å². The largest absolute Gasteiger partial charge is 0.355 e. The van der Waals surface area contributed by atoms with Gasteiger partial charge >= 0.3 is 0 Å². The molecule has 2 heterocycles. The highest BCUT2D eigenvalue weighted by Crippen LogP contribution is 2.16. The fourth-order valence-electron chi connectivity index (χ4n) is 2.20. The Balaban J connectivity index is 1.98. The van der Waals surface area contributed by atoms with E-state index in [1.165, 1.54) is 11.1 Å². The molecule has 112 valence electrons. The first-order chi connectivity index (χ1) is 10.2. The van der Waals surface area contributed by atoms with E-state index < -0.39 is 0 Å². The number of nitrogens with zero attached hydrogens (tertiary/aromatic N) is 3. The van der Waals surface area contributed by atoms with Gasteiger partial charge in [-0.2, -0.15) is 0 Å². The number of pyridine rings is 2. The van der Waals surface area contributed by atoms with Crippen LogP contribution in [0.3, 0.4) is 0 Å². The first-order valence-corrected chi connectivity index (χ1v) is 7.50. The Labute approximate surface area is 127 Å². The van der Waals surface area contributed by atoms with Gasteiger partial charge in [0, 0.05) is 38.2 Å². The third-order valence-corrected chi connectivity index (χ3v) is 3.50. The Bertz CT molecular complexity index is 524. The van der Waals surface area contributed by atoms with Crippen molar-refractivity contribution in [3.63, 3.8) is 0 Å². The van der Waals surface area contributed by atoms with E-state index in [1.807, 2.05) is 25.5 Å². The molecule has 4 heteroatoms. The number of nitrogens with one attached hydrogen (secondary N) is 1. The van der Waals surface area contributed by atoms with Crippen LogP contribution >= 0.6 is 0 Å². The smallest absolute Gasteiger partial charge is 0.128 e. The van der Waals surface area contributed by atoms with Crippen LogP contribution in [-0.2, 0) is 6.54 Å². The summed E-state index contributed by atoms with van der Waals surface area (Å²) in [4.78, 5) is 10.8. The Morgan fingerprint density at radius 1 is 1.24 bits per heavy atom. The molecule has 21 heavy (non-hydrogen) atoms. The Kier molecular flexibility index (Phi) is 5.69. The first-order valence-electron chi connectivity index (χ1n) is 7.50. The van der Waals surface area contributed by atoms with Gasteiger partial charge in [-0.3, -0.25) is 4.98 Å². The molecule has 0 saturated carbocycles. The van der Waals surface area contributed by atoms with Gasteiger partial charge in [-0.25, -0.2) is 4.98 Å².